The summed E-state index contributed by atoms with van der Waals surface area (Å²) in [6.45, 7) is 0. The van der Waals surface area contributed by atoms with E-state index in [0.29, 0.717) is 0 Å². The quantitative estimate of drug-likeness (QED) is 0.929. The van der Waals surface area contributed by atoms with Crippen molar-refractivity contribution in [1.82, 2.24) is 9.97 Å². The Balaban J connectivity index is 2.25. The van der Waals surface area contributed by atoms with Crippen LogP contribution in [0.25, 0.3) is 0 Å². The molecule has 0 atom stereocenters. The maximum Gasteiger partial charge on any atom is 0.573 e. The Morgan fingerprint density at radius 3 is 2.37 bits per heavy atom. The largest absolute Gasteiger partial charge is 0.573 e. The summed E-state index contributed by atoms with van der Waals surface area (Å²) in [5.74, 6) is -0.623. The Kier molecular flexibility index (Phi) is 3.41. The molecule has 8 heteroatoms. The number of ether oxygens (including phenoxy) is 2. The lowest BCUT2D eigenvalue weighted by atomic mass is 10.3. The first-order valence-corrected chi connectivity index (χ1v) is 5.05. The van der Waals surface area contributed by atoms with Gasteiger partial charge >= 0.3 is 6.36 Å². The van der Waals surface area contributed by atoms with Gasteiger partial charge in [-0.2, -0.15) is 4.98 Å². The second-order valence-corrected chi connectivity index (χ2v) is 3.35. The molecular weight excluding hydrogens is 263 g/mol. The molecule has 1 aromatic heterocycles. The molecule has 2 N–H and O–H groups in total. The summed E-state index contributed by atoms with van der Waals surface area (Å²) < 4.78 is 45.6. The third kappa shape index (κ3) is 3.73. The topological polar surface area (TPSA) is 70.3 Å². The Bertz CT molecular complexity index is 575. The van der Waals surface area contributed by atoms with E-state index in [1.807, 2.05) is 0 Å². The molecule has 2 aromatic rings. The van der Waals surface area contributed by atoms with E-state index in [4.69, 9.17) is 10.5 Å². The van der Waals surface area contributed by atoms with Gasteiger partial charge in [0.25, 0.3) is 0 Å². The van der Waals surface area contributed by atoms with Crippen LogP contribution < -0.4 is 15.2 Å². The summed E-state index contributed by atoms with van der Waals surface area (Å²) in [6.07, 6.45) is -3.48. The van der Waals surface area contributed by atoms with Crippen LogP contribution in [0, 0.1) is 0 Å². The number of benzene rings is 1. The van der Waals surface area contributed by atoms with Gasteiger partial charge in [-0.05, 0) is 12.1 Å². The van der Waals surface area contributed by atoms with Gasteiger partial charge in [0.05, 0.1) is 0 Å². The number of nitrogens with two attached hydrogens (primary N) is 1. The van der Waals surface area contributed by atoms with Crippen LogP contribution in [0.15, 0.2) is 36.5 Å². The van der Waals surface area contributed by atoms with E-state index in [-0.39, 0.29) is 17.6 Å². The SMILES string of the molecule is Nc1nccc(Oc2ccccc2OC(F)(F)F)n1. The van der Waals surface area contributed by atoms with Gasteiger partial charge in [0.1, 0.15) is 0 Å². The molecule has 2 rings (SSSR count). The number of anilines is 1. The minimum atomic E-state index is -4.80. The third-order valence-corrected chi connectivity index (χ3v) is 1.94. The number of rotatable bonds is 3. The molecule has 0 fully saturated rings. The molecule has 0 amide bonds. The van der Waals surface area contributed by atoms with Gasteiger partial charge in [-0.1, -0.05) is 12.1 Å². The lowest BCUT2D eigenvalue weighted by Crippen LogP contribution is -2.17. The lowest BCUT2D eigenvalue weighted by Gasteiger charge is -2.13. The standard InChI is InChI=1S/C11H8F3N3O2/c12-11(13,14)19-8-4-2-1-3-7(8)18-9-5-6-16-10(15)17-9/h1-6H,(H2,15,16,17). The van der Waals surface area contributed by atoms with E-state index in [9.17, 15) is 13.2 Å². The van der Waals surface area contributed by atoms with Crippen molar-refractivity contribution < 1.29 is 22.6 Å². The van der Waals surface area contributed by atoms with Crippen LogP contribution in [0.1, 0.15) is 0 Å². The minimum Gasteiger partial charge on any atom is -0.435 e. The smallest absolute Gasteiger partial charge is 0.435 e. The van der Waals surface area contributed by atoms with Crippen LogP contribution in [0.2, 0.25) is 0 Å². The van der Waals surface area contributed by atoms with Crippen LogP contribution in [0.3, 0.4) is 0 Å². The van der Waals surface area contributed by atoms with Crippen molar-refractivity contribution in [3.63, 3.8) is 0 Å². The van der Waals surface area contributed by atoms with Gasteiger partial charge in [-0.3, -0.25) is 0 Å². The van der Waals surface area contributed by atoms with Crippen molar-refractivity contribution in [3.05, 3.63) is 36.5 Å². The minimum absolute atomic E-state index is 0.0192. The maximum atomic E-state index is 12.2. The van der Waals surface area contributed by atoms with E-state index in [2.05, 4.69) is 14.7 Å². The lowest BCUT2D eigenvalue weighted by molar-refractivity contribution is -0.275. The van der Waals surface area contributed by atoms with Crippen LogP contribution in [-0.2, 0) is 0 Å². The van der Waals surface area contributed by atoms with Crippen molar-refractivity contribution in [2.45, 2.75) is 6.36 Å². The van der Waals surface area contributed by atoms with Gasteiger partial charge in [-0.25, -0.2) is 4.98 Å². The predicted molar refractivity (Wildman–Crippen MR) is 59.6 cm³/mol. The summed E-state index contributed by atoms with van der Waals surface area (Å²) in [4.78, 5) is 7.35. The number of halogens is 3. The summed E-state index contributed by atoms with van der Waals surface area (Å²) in [7, 11) is 0. The summed E-state index contributed by atoms with van der Waals surface area (Å²) in [5, 5.41) is 0. The summed E-state index contributed by atoms with van der Waals surface area (Å²) >= 11 is 0. The first kappa shape index (κ1) is 12.9. The monoisotopic (exact) mass is 271 g/mol. The van der Waals surface area contributed by atoms with E-state index < -0.39 is 12.1 Å². The van der Waals surface area contributed by atoms with Crippen molar-refractivity contribution in [2.75, 3.05) is 5.73 Å². The molecular formula is C11H8F3N3O2. The average Bonchev–Trinajstić information content (AvgIpc) is 2.30. The van der Waals surface area contributed by atoms with Crippen molar-refractivity contribution in [1.29, 1.82) is 0 Å². The number of nitrogens with zero attached hydrogens (tertiary/aromatic N) is 2. The highest BCUT2D eigenvalue weighted by Gasteiger charge is 2.32. The number of hydrogen-bond donors (Lipinski definition) is 1. The van der Waals surface area contributed by atoms with Gasteiger partial charge in [0, 0.05) is 12.3 Å². The van der Waals surface area contributed by atoms with Crippen LogP contribution >= 0.6 is 0 Å². The van der Waals surface area contributed by atoms with E-state index >= 15 is 0 Å². The molecule has 0 unspecified atom stereocenters. The fourth-order valence-corrected chi connectivity index (χ4v) is 1.27. The van der Waals surface area contributed by atoms with Crippen LogP contribution in [0.4, 0.5) is 19.1 Å². The molecule has 0 aliphatic rings. The van der Waals surface area contributed by atoms with E-state index in [1.165, 1.54) is 30.5 Å². The molecule has 0 spiro atoms. The van der Waals surface area contributed by atoms with Crippen molar-refractivity contribution in [3.8, 4) is 17.4 Å². The fourth-order valence-electron chi connectivity index (χ4n) is 1.27. The molecule has 1 aromatic carbocycles. The first-order valence-electron chi connectivity index (χ1n) is 5.05. The van der Waals surface area contributed by atoms with E-state index in [1.54, 1.807) is 0 Å². The molecule has 19 heavy (non-hydrogen) atoms. The Labute approximate surface area is 105 Å². The van der Waals surface area contributed by atoms with Crippen molar-refractivity contribution >= 4 is 5.95 Å². The van der Waals surface area contributed by atoms with Crippen LogP contribution in [0.5, 0.6) is 17.4 Å². The molecule has 0 aliphatic carbocycles. The second-order valence-electron chi connectivity index (χ2n) is 3.35. The number of aromatic nitrogens is 2. The second kappa shape index (κ2) is 5.01. The molecule has 0 saturated carbocycles. The zero-order valence-electron chi connectivity index (χ0n) is 9.39. The molecule has 0 radical (unpaired) electrons. The van der Waals surface area contributed by atoms with Gasteiger partial charge in [0.15, 0.2) is 11.5 Å². The molecule has 5 nitrogen and oxygen atoms in total. The zero-order chi connectivity index (χ0) is 13.9. The van der Waals surface area contributed by atoms with Gasteiger partial charge < -0.3 is 15.2 Å². The Morgan fingerprint density at radius 1 is 1.05 bits per heavy atom. The Hall–Kier alpha value is -2.51. The predicted octanol–water partition coefficient (Wildman–Crippen LogP) is 2.75. The number of para-hydroxylation sites is 2. The van der Waals surface area contributed by atoms with Gasteiger partial charge in [-0.15, -0.1) is 13.2 Å². The summed E-state index contributed by atoms with van der Waals surface area (Å²) in [5.41, 5.74) is 5.34. The number of nitrogen functional groups attached to an aromatic ring is 1. The molecule has 1 heterocycles. The molecule has 0 bridgehead atoms. The average molecular weight is 271 g/mol. The maximum absolute atomic E-state index is 12.2. The van der Waals surface area contributed by atoms with Gasteiger partial charge in [0.2, 0.25) is 11.8 Å². The molecule has 0 aliphatic heterocycles. The third-order valence-electron chi connectivity index (χ3n) is 1.94. The highest BCUT2D eigenvalue weighted by molar-refractivity contribution is 5.42. The Morgan fingerprint density at radius 2 is 1.74 bits per heavy atom. The molecule has 100 valence electrons. The zero-order valence-corrected chi connectivity index (χ0v) is 9.39. The van der Waals surface area contributed by atoms with E-state index in [0.717, 1.165) is 6.07 Å². The van der Waals surface area contributed by atoms with Crippen molar-refractivity contribution in [2.24, 2.45) is 0 Å². The molecule has 0 saturated heterocycles. The normalized spacial score (nSPS) is 11.1. The number of alkyl halides is 3. The fraction of sp³-hybridized carbons (Fsp3) is 0.0909. The summed E-state index contributed by atoms with van der Waals surface area (Å²) in [6, 6.07) is 6.71. The number of hydrogen-bond acceptors (Lipinski definition) is 5. The highest BCUT2D eigenvalue weighted by atomic mass is 19.4. The van der Waals surface area contributed by atoms with Crippen LogP contribution in [-0.4, -0.2) is 16.3 Å². The first-order chi connectivity index (χ1) is 8.94. The highest BCUT2D eigenvalue weighted by Crippen LogP contribution is 2.34.